The van der Waals surface area contributed by atoms with E-state index >= 15 is 0 Å². The molecule has 1 aromatic rings. The van der Waals surface area contributed by atoms with Crippen LogP contribution in [-0.2, 0) is 10.0 Å². The Labute approximate surface area is 125 Å². The fraction of sp³-hybridized carbons (Fsp3) is 0.273. The standard InChI is InChI=1S/C11H10BrCl2NO2S/c1-4-11(2,3)15-18(16,17)10-8(13)5-7(12)6-9(10)14/h1,5-6,15H,2-3H3. The second-order valence-corrected chi connectivity index (χ2v) is 7.42. The van der Waals surface area contributed by atoms with Crippen LogP contribution in [0, 0.1) is 12.3 Å². The van der Waals surface area contributed by atoms with Crippen molar-refractivity contribution in [1.29, 1.82) is 0 Å². The Morgan fingerprint density at radius 3 is 2.17 bits per heavy atom. The number of hydrogen-bond acceptors (Lipinski definition) is 2. The van der Waals surface area contributed by atoms with E-state index in [0.717, 1.165) is 0 Å². The lowest BCUT2D eigenvalue weighted by molar-refractivity contribution is 0.539. The quantitative estimate of drug-likeness (QED) is 0.828. The van der Waals surface area contributed by atoms with Gasteiger partial charge in [-0.3, -0.25) is 0 Å². The van der Waals surface area contributed by atoms with E-state index in [1.165, 1.54) is 12.1 Å². The van der Waals surface area contributed by atoms with Crippen LogP contribution < -0.4 is 4.72 Å². The van der Waals surface area contributed by atoms with E-state index in [-0.39, 0.29) is 14.9 Å². The van der Waals surface area contributed by atoms with E-state index in [2.05, 4.69) is 26.6 Å². The van der Waals surface area contributed by atoms with Gasteiger partial charge < -0.3 is 0 Å². The average molecular weight is 371 g/mol. The van der Waals surface area contributed by atoms with Crippen molar-refractivity contribution in [2.75, 3.05) is 0 Å². The van der Waals surface area contributed by atoms with Crippen molar-refractivity contribution < 1.29 is 8.42 Å². The van der Waals surface area contributed by atoms with Gasteiger partial charge in [-0.05, 0) is 26.0 Å². The first-order chi connectivity index (χ1) is 8.09. The number of benzene rings is 1. The molecular weight excluding hydrogens is 361 g/mol. The highest BCUT2D eigenvalue weighted by Gasteiger charge is 2.28. The normalized spacial score (nSPS) is 12.2. The van der Waals surface area contributed by atoms with Gasteiger partial charge in [0, 0.05) is 4.47 Å². The molecule has 1 N–H and O–H groups in total. The molecule has 1 rings (SSSR count). The fourth-order valence-corrected chi connectivity index (χ4v) is 4.48. The van der Waals surface area contributed by atoms with Crippen molar-refractivity contribution in [1.82, 2.24) is 4.72 Å². The van der Waals surface area contributed by atoms with Crippen LogP contribution >= 0.6 is 39.1 Å². The Kier molecular flexibility index (Phi) is 4.74. The highest BCUT2D eigenvalue weighted by atomic mass is 79.9. The van der Waals surface area contributed by atoms with E-state index in [9.17, 15) is 8.42 Å². The molecule has 0 atom stereocenters. The van der Waals surface area contributed by atoms with Crippen LogP contribution in [0.15, 0.2) is 21.5 Å². The molecule has 0 aliphatic carbocycles. The first kappa shape index (κ1) is 15.8. The Morgan fingerprint density at radius 2 is 1.78 bits per heavy atom. The van der Waals surface area contributed by atoms with E-state index in [4.69, 9.17) is 29.6 Å². The van der Waals surface area contributed by atoms with Gasteiger partial charge in [-0.1, -0.05) is 45.1 Å². The van der Waals surface area contributed by atoms with Crippen molar-refractivity contribution in [3.63, 3.8) is 0 Å². The molecule has 7 heteroatoms. The lowest BCUT2D eigenvalue weighted by atomic mass is 10.1. The lowest BCUT2D eigenvalue weighted by Crippen LogP contribution is -2.42. The van der Waals surface area contributed by atoms with Crippen molar-refractivity contribution in [2.45, 2.75) is 24.3 Å². The smallest absolute Gasteiger partial charge is 0.207 e. The molecule has 0 bridgehead atoms. The molecule has 0 saturated carbocycles. The molecule has 1 aromatic carbocycles. The summed E-state index contributed by atoms with van der Waals surface area (Å²) in [5.41, 5.74) is -1.03. The molecule has 0 aliphatic heterocycles. The van der Waals surface area contributed by atoms with Gasteiger partial charge in [-0.15, -0.1) is 6.42 Å². The molecule has 0 heterocycles. The summed E-state index contributed by atoms with van der Waals surface area (Å²) in [6.07, 6.45) is 5.24. The number of sulfonamides is 1. The summed E-state index contributed by atoms with van der Waals surface area (Å²) in [6, 6.07) is 2.90. The van der Waals surface area contributed by atoms with E-state index in [1.54, 1.807) is 13.8 Å². The van der Waals surface area contributed by atoms with Gasteiger partial charge >= 0.3 is 0 Å². The topological polar surface area (TPSA) is 46.2 Å². The number of halogens is 3. The Hall–Kier alpha value is -0.250. The summed E-state index contributed by atoms with van der Waals surface area (Å²) in [6.45, 7) is 3.12. The Bertz CT molecular complexity index is 597. The van der Waals surface area contributed by atoms with Crippen LogP contribution in [-0.4, -0.2) is 14.0 Å². The monoisotopic (exact) mass is 369 g/mol. The molecule has 0 spiro atoms. The van der Waals surface area contributed by atoms with E-state index in [0.29, 0.717) is 4.47 Å². The fourth-order valence-electron chi connectivity index (χ4n) is 1.20. The van der Waals surface area contributed by atoms with Crippen molar-refractivity contribution in [3.05, 3.63) is 26.7 Å². The third-order valence-corrected chi connectivity index (χ3v) is 5.02. The lowest BCUT2D eigenvalue weighted by Gasteiger charge is -2.20. The number of rotatable bonds is 3. The summed E-state index contributed by atoms with van der Waals surface area (Å²) in [7, 11) is -3.89. The first-order valence-electron chi connectivity index (χ1n) is 4.75. The molecule has 98 valence electrons. The van der Waals surface area contributed by atoms with Gasteiger partial charge in [-0.2, -0.15) is 4.72 Å². The minimum atomic E-state index is -3.89. The number of nitrogens with one attached hydrogen (secondary N) is 1. The predicted octanol–water partition coefficient (Wildman–Crippen LogP) is 3.45. The van der Waals surface area contributed by atoms with Crippen LogP contribution in [0.25, 0.3) is 0 Å². The third kappa shape index (κ3) is 3.62. The van der Waals surface area contributed by atoms with Crippen molar-refractivity contribution >= 4 is 49.2 Å². The number of terminal acetylenes is 1. The van der Waals surface area contributed by atoms with Crippen LogP contribution in [0.4, 0.5) is 0 Å². The number of hydrogen-bond donors (Lipinski definition) is 1. The van der Waals surface area contributed by atoms with Gasteiger partial charge in [0.15, 0.2) is 0 Å². The van der Waals surface area contributed by atoms with Crippen LogP contribution in [0.3, 0.4) is 0 Å². The zero-order valence-corrected chi connectivity index (χ0v) is 13.5. The molecule has 0 amide bonds. The summed E-state index contributed by atoms with van der Waals surface area (Å²) in [5, 5.41) is 0.0457. The van der Waals surface area contributed by atoms with Crippen LogP contribution in [0.1, 0.15) is 13.8 Å². The minimum absolute atomic E-state index is 0.0229. The average Bonchev–Trinajstić information content (AvgIpc) is 2.13. The molecule has 3 nitrogen and oxygen atoms in total. The van der Waals surface area contributed by atoms with Gasteiger partial charge in [0.2, 0.25) is 10.0 Å². The molecule has 0 aliphatic rings. The summed E-state index contributed by atoms with van der Waals surface area (Å²) in [4.78, 5) is -0.183. The second kappa shape index (κ2) is 5.40. The molecule has 18 heavy (non-hydrogen) atoms. The Morgan fingerprint density at radius 1 is 1.33 bits per heavy atom. The highest BCUT2D eigenvalue weighted by Crippen LogP contribution is 2.33. The third-order valence-electron chi connectivity index (χ3n) is 1.98. The maximum absolute atomic E-state index is 12.2. The van der Waals surface area contributed by atoms with E-state index < -0.39 is 15.6 Å². The SMILES string of the molecule is C#CC(C)(C)NS(=O)(=O)c1c(Cl)cc(Br)cc1Cl. The van der Waals surface area contributed by atoms with Gasteiger partial charge in [0.05, 0.1) is 15.6 Å². The molecule has 0 radical (unpaired) electrons. The summed E-state index contributed by atoms with van der Waals surface area (Å²) in [5.74, 6) is 2.33. The largest absolute Gasteiger partial charge is 0.244 e. The minimum Gasteiger partial charge on any atom is -0.207 e. The van der Waals surface area contributed by atoms with E-state index in [1.807, 2.05) is 0 Å². The van der Waals surface area contributed by atoms with Gasteiger partial charge in [0.25, 0.3) is 0 Å². The van der Waals surface area contributed by atoms with Gasteiger partial charge in [0.1, 0.15) is 4.90 Å². The van der Waals surface area contributed by atoms with Gasteiger partial charge in [-0.25, -0.2) is 8.42 Å². The maximum atomic E-state index is 12.2. The maximum Gasteiger partial charge on any atom is 0.244 e. The van der Waals surface area contributed by atoms with Crippen molar-refractivity contribution in [3.8, 4) is 12.3 Å². The summed E-state index contributed by atoms with van der Waals surface area (Å²) < 4.78 is 27.3. The van der Waals surface area contributed by atoms with Crippen LogP contribution in [0.5, 0.6) is 0 Å². The zero-order valence-electron chi connectivity index (χ0n) is 9.59. The van der Waals surface area contributed by atoms with Crippen molar-refractivity contribution in [2.24, 2.45) is 0 Å². The molecule has 0 unspecified atom stereocenters. The van der Waals surface area contributed by atoms with Crippen LogP contribution in [0.2, 0.25) is 10.0 Å². The Balaban J connectivity index is 3.36. The highest BCUT2D eigenvalue weighted by molar-refractivity contribution is 9.10. The molecule has 0 saturated heterocycles. The predicted molar refractivity (Wildman–Crippen MR) is 77.4 cm³/mol. The molecule has 0 fully saturated rings. The summed E-state index contributed by atoms with van der Waals surface area (Å²) >= 11 is 15.0. The zero-order chi connectivity index (χ0) is 14.1. The molecular formula is C11H10BrCl2NO2S. The first-order valence-corrected chi connectivity index (χ1v) is 7.78. The second-order valence-electron chi connectivity index (χ2n) is 4.07. The molecule has 0 aromatic heterocycles.